The maximum Gasteiger partial charge on any atom is 0.573 e. The van der Waals surface area contributed by atoms with Gasteiger partial charge in [-0.05, 0) is 67.4 Å². The standard InChI is InChI=1S/C23H20F4N4O3S/c24-16-5-9-19(10-6-16)35(33)31-11-1-2-21(31)22(32)28-13-17-12-20(30-14-29-17)15-3-7-18(8-4-15)34-23(25,26)27/h3-10,12,14,21H,1-2,11,13H2,(H,28,32). The summed E-state index contributed by atoms with van der Waals surface area (Å²) in [6.45, 7) is 0.547. The van der Waals surface area contributed by atoms with Crippen LogP contribution < -0.4 is 10.1 Å². The largest absolute Gasteiger partial charge is 0.573 e. The van der Waals surface area contributed by atoms with Crippen LogP contribution in [0.4, 0.5) is 17.6 Å². The topological polar surface area (TPSA) is 84.4 Å². The van der Waals surface area contributed by atoms with E-state index in [0.29, 0.717) is 41.2 Å². The van der Waals surface area contributed by atoms with Crippen LogP contribution in [-0.4, -0.2) is 43.3 Å². The molecule has 1 saturated heterocycles. The summed E-state index contributed by atoms with van der Waals surface area (Å²) >= 11 is 0. The Morgan fingerprint density at radius 1 is 1.11 bits per heavy atom. The van der Waals surface area contributed by atoms with Gasteiger partial charge in [-0.2, -0.15) is 0 Å². The molecule has 2 aromatic carbocycles. The molecule has 12 heteroatoms. The number of nitrogens with one attached hydrogen (secondary N) is 1. The summed E-state index contributed by atoms with van der Waals surface area (Å²) in [4.78, 5) is 21.5. The highest BCUT2D eigenvalue weighted by atomic mass is 32.2. The smallest absolute Gasteiger partial charge is 0.406 e. The Bertz CT molecular complexity index is 1210. The summed E-state index contributed by atoms with van der Waals surface area (Å²) in [5.41, 5.74) is 1.50. The fourth-order valence-electron chi connectivity index (χ4n) is 3.66. The number of rotatable bonds is 7. The minimum Gasteiger partial charge on any atom is -0.406 e. The first-order valence-electron chi connectivity index (χ1n) is 10.6. The van der Waals surface area contributed by atoms with Gasteiger partial charge in [0.15, 0.2) is 0 Å². The summed E-state index contributed by atoms with van der Waals surface area (Å²) in [5.74, 6) is -1.09. The Hall–Kier alpha value is -3.38. The second-order valence-electron chi connectivity index (χ2n) is 7.69. The molecule has 0 bridgehead atoms. The van der Waals surface area contributed by atoms with Crippen LogP contribution in [0.25, 0.3) is 11.3 Å². The van der Waals surface area contributed by atoms with Crippen LogP contribution in [-0.2, 0) is 22.3 Å². The zero-order valence-electron chi connectivity index (χ0n) is 18.2. The molecule has 7 nitrogen and oxygen atoms in total. The van der Waals surface area contributed by atoms with E-state index in [-0.39, 0.29) is 18.2 Å². The molecule has 1 fully saturated rings. The highest BCUT2D eigenvalue weighted by Crippen LogP contribution is 2.26. The Balaban J connectivity index is 1.39. The van der Waals surface area contributed by atoms with Gasteiger partial charge >= 0.3 is 6.36 Å². The lowest BCUT2D eigenvalue weighted by atomic mass is 10.1. The molecule has 1 amide bonds. The number of hydrogen-bond donors (Lipinski definition) is 1. The minimum atomic E-state index is -4.78. The quantitative estimate of drug-likeness (QED) is 0.488. The van der Waals surface area contributed by atoms with Crippen molar-refractivity contribution in [1.82, 2.24) is 19.6 Å². The predicted octanol–water partition coefficient (Wildman–Crippen LogP) is 3.98. The molecule has 3 aromatic rings. The van der Waals surface area contributed by atoms with Crippen LogP contribution in [0.3, 0.4) is 0 Å². The van der Waals surface area contributed by atoms with Gasteiger partial charge in [0.05, 0.1) is 22.8 Å². The molecule has 1 aliphatic heterocycles. The zero-order chi connectivity index (χ0) is 25.0. The van der Waals surface area contributed by atoms with Crippen molar-refractivity contribution < 1.29 is 31.3 Å². The number of halogens is 4. The van der Waals surface area contributed by atoms with Crippen molar-refractivity contribution in [3.8, 4) is 17.0 Å². The van der Waals surface area contributed by atoms with Crippen molar-refractivity contribution in [1.29, 1.82) is 0 Å². The molecular formula is C23H20F4N4O3S. The summed E-state index contributed by atoms with van der Waals surface area (Å²) in [6.07, 6.45) is -2.26. The molecule has 2 atom stereocenters. The van der Waals surface area contributed by atoms with Crippen molar-refractivity contribution in [3.05, 3.63) is 72.4 Å². The molecule has 0 spiro atoms. The van der Waals surface area contributed by atoms with Crippen molar-refractivity contribution in [2.45, 2.75) is 36.7 Å². The van der Waals surface area contributed by atoms with E-state index in [4.69, 9.17) is 0 Å². The average molecular weight is 508 g/mol. The normalized spacial score (nSPS) is 17.2. The maximum atomic E-state index is 13.2. The number of carbonyl (C=O) groups excluding carboxylic acids is 1. The number of aromatic nitrogens is 2. The Kier molecular flexibility index (Phi) is 7.41. The maximum absolute atomic E-state index is 13.2. The predicted molar refractivity (Wildman–Crippen MR) is 119 cm³/mol. The molecule has 1 aromatic heterocycles. The van der Waals surface area contributed by atoms with E-state index in [1.165, 1.54) is 54.9 Å². The van der Waals surface area contributed by atoms with Gasteiger partial charge in [-0.3, -0.25) is 4.79 Å². The summed E-state index contributed by atoms with van der Waals surface area (Å²) in [5, 5.41) is 2.79. The SMILES string of the molecule is O=C(NCc1cc(-c2ccc(OC(F)(F)F)cc2)ncn1)C1CCCN1S(=O)c1ccc(F)cc1. The van der Waals surface area contributed by atoms with Gasteiger partial charge in [-0.15, -0.1) is 13.2 Å². The number of amides is 1. The van der Waals surface area contributed by atoms with Crippen molar-refractivity contribution >= 4 is 16.9 Å². The second kappa shape index (κ2) is 10.5. The van der Waals surface area contributed by atoms with E-state index < -0.39 is 29.2 Å². The molecule has 0 aliphatic carbocycles. The van der Waals surface area contributed by atoms with Crippen LogP contribution in [0.2, 0.25) is 0 Å². The lowest BCUT2D eigenvalue weighted by Gasteiger charge is -2.22. The van der Waals surface area contributed by atoms with Gasteiger partial charge in [0, 0.05) is 12.1 Å². The monoisotopic (exact) mass is 508 g/mol. The Labute approximate surface area is 200 Å². The minimum absolute atomic E-state index is 0.0805. The van der Waals surface area contributed by atoms with Crippen molar-refractivity contribution in [2.24, 2.45) is 0 Å². The number of benzene rings is 2. The van der Waals surface area contributed by atoms with Gasteiger partial charge in [0.25, 0.3) is 0 Å². The van der Waals surface area contributed by atoms with Gasteiger partial charge in [0.2, 0.25) is 5.91 Å². The highest BCUT2D eigenvalue weighted by molar-refractivity contribution is 7.82. The van der Waals surface area contributed by atoms with E-state index in [1.54, 1.807) is 10.4 Å². The third-order valence-corrected chi connectivity index (χ3v) is 6.82. The van der Waals surface area contributed by atoms with Crippen LogP contribution in [0.1, 0.15) is 18.5 Å². The Morgan fingerprint density at radius 2 is 1.83 bits per heavy atom. The summed E-state index contributed by atoms with van der Waals surface area (Å²) in [7, 11) is -1.60. The molecule has 0 radical (unpaired) electrons. The summed E-state index contributed by atoms with van der Waals surface area (Å²) in [6, 6.07) is 11.6. The Morgan fingerprint density at radius 3 is 2.51 bits per heavy atom. The third-order valence-electron chi connectivity index (χ3n) is 5.29. The number of alkyl halides is 3. The van der Waals surface area contributed by atoms with Crippen molar-refractivity contribution in [2.75, 3.05) is 6.54 Å². The zero-order valence-corrected chi connectivity index (χ0v) is 19.0. The molecular weight excluding hydrogens is 488 g/mol. The van der Waals surface area contributed by atoms with Crippen LogP contribution in [0, 0.1) is 5.82 Å². The van der Waals surface area contributed by atoms with Crippen LogP contribution in [0.15, 0.2) is 65.8 Å². The molecule has 2 heterocycles. The number of ether oxygens (including phenoxy) is 1. The van der Waals surface area contributed by atoms with Crippen molar-refractivity contribution in [3.63, 3.8) is 0 Å². The van der Waals surface area contributed by atoms with E-state index in [9.17, 15) is 26.6 Å². The first kappa shape index (κ1) is 24.7. The van der Waals surface area contributed by atoms with Gasteiger partial charge < -0.3 is 10.1 Å². The third kappa shape index (κ3) is 6.40. The van der Waals surface area contributed by atoms with E-state index >= 15 is 0 Å². The molecule has 2 unspecified atom stereocenters. The van der Waals surface area contributed by atoms with E-state index in [0.717, 1.165) is 0 Å². The molecule has 35 heavy (non-hydrogen) atoms. The first-order valence-corrected chi connectivity index (χ1v) is 11.7. The molecule has 4 rings (SSSR count). The second-order valence-corrected chi connectivity index (χ2v) is 9.13. The number of hydrogen-bond acceptors (Lipinski definition) is 5. The lowest BCUT2D eigenvalue weighted by molar-refractivity contribution is -0.274. The van der Waals surface area contributed by atoms with Gasteiger partial charge in [-0.1, -0.05) is 0 Å². The first-order chi connectivity index (χ1) is 16.7. The average Bonchev–Trinajstić information content (AvgIpc) is 3.32. The van der Waals surface area contributed by atoms with E-state index in [1.807, 2.05) is 0 Å². The molecule has 0 saturated carbocycles. The summed E-state index contributed by atoms with van der Waals surface area (Å²) < 4.78 is 68.5. The van der Waals surface area contributed by atoms with Gasteiger partial charge in [0.1, 0.15) is 34.9 Å². The molecule has 1 N–H and O–H groups in total. The highest BCUT2D eigenvalue weighted by Gasteiger charge is 2.35. The molecule has 184 valence electrons. The van der Waals surface area contributed by atoms with Crippen LogP contribution >= 0.6 is 0 Å². The molecule has 1 aliphatic rings. The lowest BCUT2D eigenvalue weighted by Crippen LogP contribution is -2.43. The fourth-order valence-corrected chi connectivity index (χ4v) is 5.03. The van der Waals surface area contributed by atoms with E-state index in [2.05, 4.69) is 20.0 Å². The van der Waals surface area contributed by atoms with Crippen LogP contribution in [0.5, 0.6) is 5.75 Å². The number of nitrogens with zero attached hydrogens (tertiary/aromatic N) is 3. The van der Waals surface area contributed by atoms with Gasteiger partial charge in [-0.25, -0.2) is 22.9 Å². The fraction of sp³-hybridized carbons (Fsp3) is 0.261. The number of carbonyl (C=O) groups is 1.